The SMILES string of the molecule is c1ccc(-c2nc(-c3ccccc3)nc(-c3cccc4c3sc3c4ccc4sc5cccc(-n6c7ccccc7c7ccccc76)c5c43)n2)cc1. The van der Waals surface area contributed by atoms with Crippen molar-refractivity contribution in [1.29, 1.82) is 0 Å². The summed E-state index contributed by atoms with van der Waals surface area (Å²) in [6.07, 6.45) is 0. The summed E-state index contributed by atoms with van der Waals surface area (Å²) in [7, 11) is 0. The van der Waals surface area contributed by atoms with E-state index in [1.165, 1.54) is 67.8 Å². The van der Waals surface area contributed by atoms with Crippen molar-refractivity contribution >= 4 is 84.8 Å². The van der Waals surface area contributed by atoms with Crippen LogP contribution in [0.3, 0.4) is 0 Å². The molecular weight excluding hydrogens is 661 g/mol. The molecule has 4 nitrogen and oxygen atoms in total. The number of hydrogen-bond donors (Lipinski definition) is 0. The van der Waals surface area contributed by atoms with Gasteiger partial charge in [-0.05, 0) is 36.4 Å². The molecule has 11 aromatic rings. The van der Waals surface area contributed by atoms with Crippen molar-refractivity contribution < 1.29 is 0 Å². The van der Waals surface area contributed by atoms with Crippen LogP contribution in [0.5, 0.6) is 0 Å². The lowest BCUT2D eigenvalue weighted by Gasteiger charge is -2.10. The van der Waals surface area contributed by atoms with Gasteiger partial charge >= 0.3 is 0 Å². The minimum atomic E-state index is 0.666. The molecule has 0 spiro atoms. The van der Waals surface area contributed by atoms with E-state index < -0.39 is 0 Å². The van der Waals surface area contributed by atoms with Gasteiger partial charge < -0.3 is 4.57 Å². The summed E-state index contributed by atoms with van der Waals surface area (Å²) < 4.78 is 7.49. The molecule has 0 saturated carbocycles. The van der Waals surface area contributed by atoms with Crippen molar-refractivity contribution in [1.82, 2.24) is 19.5 Å². The lowest BCUT2D eigenvalue weighted by atomic mass is 10.0. The standard InChI is InChI=1S/C45H26N4S2/c1-3-13-27(14-4-1)43-46-44(28-15-5-2-6-16-28)48-45(47-43)33-20-11-19-31-32-25-26-38-40(42(32)51-41(31)33)39-36(23-12-24-37(39)50-38)49-34-21-9-7-17-29(34)30-18-8-10-22-35(30)49/h1-26H. The molecule has 0 aliphatic carbocycles. The van der Waals surface area contributed by atoms with E-state index >= 15 is 0 Å². The average Bonchev–Trinajstić information content (AvgIpc) is 3.88. The number of hydrogen-bond acceptors (Lipinski definition) is 5. The van der Waals surface area contributed by atoms with E-state index in [2.05, 4.69) is 126 Å². The maximum Gasteiger partial charge on any atom is 0.165 e. The van der Waals surface area contributed by atoms with Crippen LogP contribution in [0.4, 0.5) is 0 Å². The van der Waals surface area contributed by atoms with Gasteiger partial charge in [-0.1, -0.05) is 121 Å². The maximum atomic E-state index is 5.11. The third-order valence-electron chi connectivity index (χ3n) is 9.86. The molecule has 0 radical (unpaired) electrons. The fourth-order valence-corrected chi connectivity index (χ4v) is 10.2. The zero-order valence-electron chi connectivity index (χ0n) is 27.1. The van der Waals surface area contributed by atoms with Crippen LogP contribution in [0.2, 0.25) is 0 Å². The highest BCUT2D eigenvalue weighted by Gasteiger charge is 2.21. The second-order valence-electron chi connectivity index (χ2n) is 12.8. The van der Waals surface area contributed by atoms with Crippen molar-refractivity contribution in [2.75, 3.05) is 0 Å². The Hall–Kier alpha value is -6.21. The van der Waals surface area contributed by atoms with Crippen LogP contribution in [-0.4, -0.2) is 19.5 Å². The molecule has 0 unspecified atom stereocenters. The van der Waals surface area contributed by atoms with Crippen LogP contribution in [0, 0.1) is 0 Å². The first-order valence-corrected chi connectivity index (χ1v) is 18.6. The number of rotatable bonds is 4. The van der Waals surface area contributed by atoms with Gasteiger partial charge in [0, 0.05) is 67.8 Å². The van der Waals surface area contributed by atoms with Gasteiger partial charge in [-0.25, -0.2) is 15.0 Å². The van der Waals surface area contributed by atoms with Gasteiger partial charge in [0.25, 0.3) is 0 Å². The molecule has 0 amide bonds. The third kappa shape index (κ3) is 4.34. The Kier molecular flexibility index (Phi) is 6.26. The van der Waals surface area contributed by atoms with Gasteiger partial charge in [-0.3, -0.25) is 0 Å². The molecule has 7 aromatic carbocycles. The Morgan fingerprint density at radius 1 is 0.373 bits per heavy atom. The largest absolute Gasteiger partial charge is 0.309 e. The van der Waals surface area contributed by atoms with Crippen LogP contribution in [0.1, 0.15) is 0 Å². The number of aromatic nitrogens is 4. The van der Waals surface area contributed by atoms with E-state index in [0.717, 1.165) is 16.7 Å². The topological polar surface area (TPSA) is 43.6 Å². The predicted molar refractivity (Wildman–Crippen MR) is 216 cm³/mol. The first kappa shape index (κ1) is 28.6. The summed E-state index contributed by atoms with van der Waals surface area (Å²) in [6, 6.07) is 55.8. The molecule has 4 heterocycles. The normalized spacial score (nSPS) is 11.9. The number of thiophene rings is 2. The van der Waals surface area contributed by atoms with E-state index in [9.17, 15) is 0 Å². The molecular formula is C45H26N4S2. The molecule has 6 heteroatoms. The molecule has 0 fully saturated rings. The summed E-state index contributed by atoms with van der Waals surface area (Å²) in [5.41, 5.74) is 6.58. The van der Waals surface area contributed by atoms with Gasteiger partial charge in [0.1, 0.15) is 0 Å². The fourth-order valence-electron chi connectivity index (χ4n) is 7.61. The zero-order valence-corrected chi connectivity index (χ0v) is 28.7. The highest BCUT2D eigenvalue weighted by atomic mass is 32.1. The highest BCUT2D eigenvalue weighted by molar-refractivity contribution is 7.30. The van der Waals surface area contributed by atoms with E-state index in [0.29, 0.717) is 17.5 Å². The van der Waals surface area contributed by atoms with Crippen molar-refractivity contribution in [2.45, 2.75) is 0 Å². The number of para-hydroxylation sites is 2. The van der Waals surface area contributed by atoms with Crippen LogP contribution < -0.4 is 0 Å². The molecule has 0 aliphatic heterocycles. The highest BCUT2D eigenvalue weighted by Crippen LogP contribution is 2.48. The number of fused-ring (bicyclic) bond motifs is 10. The van der Waals surface area contributed by atoms with Gasteiger partial charge in [-0.15, -0.1) is 22.7 Å². The molecule has 4 aromatic heterocycles. The van der Waals surface area contributed by atoms with Crippen LogP contribution in [-0.2, 0) is 0 Å². The second-order valence-corrected chi connectivity index (χ2v) is 14.9. The minimum Gasteiger partial charge on any atom is -0.309 e. The smallest absolute Gasteiger partial charge is 0.165 e. The zero-order chi connectivity index (χ0) is 33.5. The summed E-state index contributed by atoms with van der Waals surface area (Å²) >= 11 is 3.71. The quantitative estimate of drug-likeness (QED) is 0.185. The van der Waals surface area contributed by atoms with Crippen LogP contribution >= 0.6 is 22.7 Å². The Morgan fingerprint density at radius 2 is 0.922 bits per heavy atom. The van der Waals surface area contributed by atoms with Gasteiger partial charge in [0.2, 0.25) is 0 Å². The molecule has 0 atom stereocenters. The lowest BCUT2D eigenvalue weighted by molar-refractivity contribution is 1.08. The van der Waals surface area contributed by atoms with Crippen LogP contribution in [0.25, 0.3) is 102 Å². The molecule has 0 bridgehead atoms. The van der Waals surface area contributed by atoms with Crippen molar-refractivity contribution in [3.63, 3.8) is 0 Å². The summed E-state index contributed by atoms with van der Waals surface area (Å²) in [5.74, 6) is 2.01. The van der Waals surface area contributed by atoms with Crippen molar-refractivity contribution in [3.05, 3.63) is 158 Å². The Balaban J connectivity index is 1.20. The van der Waals surface area contributed by atoms with E-state index in [-0.39, 0.29) is 0 Å². The molecule has 0 N–H and O–H groups in total. The first-order valence-electron chi connectivity index (χ1n) is 17.0. The molecule has 0 saturated heterocycles. The van der Waals surface area contributed by atoms with Gasteiger partial charge in [-0.2, -0.15) is 0 Å². The van der Waals surface area contributed by atoms with E-state index in [4.69, 9.17) is 15.0 Å². The Morgan fingerprint density at radius 3 is 1.61 bits per heavy atom. The third-order valence-corrected chi connectivity index (χ3v) is 12.3. The maximum absolute atomic E-state index is 5.11. The minimum absolute atomic E-state index is 0.666. The van der Waals surface area contributed by atoms with Crippen molar-refractivity contribution in [2.24, 2.45) is 0 Å². The second kappa shape index (κ2) is 11.2. The molecule has 238 valence electrons. The van der Waals surface area contributed by atoms with Crippen LogP contribution in [0.15, 0.2) is 158 Å². The fraction of sp³-hybridized carbons (Fsp3) is 0. The summed E-state index contributed by atoms with van der Waals surface area (Å²) in [6.45, 7) is 0. The van der Waals surface area contributed by atoms with E-state index in [1.54, 1.807) is 0 Å². The average molecular weight is 687 g/mol. The molecule has 0 aliphatic rings. The lowest BCUT2D eigenvalue weighted by Crippen LogP contribution is -2.00. The van der Waals surface area contributed by atoms with Gasteiger partial charge in [0.15, 0.2) is 17.5 Å². The summed E-state index contributed by atoms with van der Waals surface area (Å²) in [5, 5.41) is 7.60. The predicted octanol–water partition coefficient (Wildman–Crippen LogP) is 12.7. The number of nitrogens with zero attached hydrogens (tertiary/aromatic N) is 4. The molecule has 51 heavy (non-hydrogen) atoms. The van der Waals surface area contributed by atoms with Gasteiger partial charge in [0.05, 0.1) is 16.7 Å². The Bertz CT molecular complexity index is 3030. The number of benzene rings is 7. The van der Waals surface area contributed by atoms with E-state index in [1.807, 2.05) is 59.1 Å². The monoisotopic (exact) mass is 686 g/mol. The Labute approximate surface area is 300 Å². The summed E-state index contributed by atoms with van der Waals surface area (Å²) in [4.78, 5) is 15.2. The van der Waals surface area contributed by atoms with Crippen molar-refractivity contribution in [3.8, 4) is 39.9 Å². The first-order chi connectivity index (χ1) is 25.3. The molecule has 11 rings (SSSR count).